The van der Waals surface area contributed by atoms with E-state index < -0.39 is 24.1 Å². The zero-order valence-corrected chi connectivity index (χ0v) is 12.3. The van der Waals surface area contributed by atoms with Crippen LogP contribution >= 0.6 is 11.6 Å². The van der Waals surface area contributed by atoms with Crippen LogP contribution < -0.4 is 5.32 Å². The van der Waals surface area contributed by atoms with Crippen molar-refractivity contribution in [3.63, 3.8) is 0 Å². The first-order valence-corrected chi connectivity index (χ1v) is 6.72. The second-order valence-electron chi connectivity index (χ2n) is 4.54. The maximum absolute atomic E-state index is 13.1. The third kappa shape index (κ3) is 3.40. The highest BCUT2D eigenvalue weighted by atomic mass is 35.5. The molecule has 0 saturated carbocycles. The standard InChI is InChI=1S/C13H13ClF2N4O2/c1-7(6-21)18-13(22)8-5-20(19-10(8)11(15)16)12-9(14)3-2-4-17-12/h2-5,7,11,21H,6H2,1H3,(H,18,22)/t7-/m0/s1. The lowest BCUT2D eigenvalue weighted by molar-refractivity contribution is 0.0908. The van der Waals surface area contributed by atoms with E-state index in [0.717, 1.165) is 10.9 Å². The van der Waals surface area contributed by atoms with Gasteiger partial charge in [-0.15, -0.1) is 0 Å². The summed E-state index contributed by atoms with van der Waals surface area (Å²) in [5, 5.41) is 15.2. The molecule has 9 heteroatoms. The molecule has 2 N–H and O–H groups in total. The second kappa shape index (κ2) is 6.80. The largest absolute Gasteiger partial charge is 0.394 e. The summed E-state index contributed by atoms with van der Waals surface area (Å²) in [6.07, 6.45) is -0.373. The van der Waals surface area contributed by atoms with Crippen LogP contribution in [0.3, 0.4) is 0 Å². The molecule has 22 heavy (non-hydrogen) atoms. The fourth-order valence-electron chi connectivity index (χ4n) is 1.72. The van der Waals surface area contributed by atoms with E-state index >= 15 is 0 Å². The average Bonchev–Trinajstić information content (AvgIpc) is 2.92. The Labute approximate surface area is 129 Å². The van der Waals surface area contributed by atoms with Crippen LogP contribution in [0.1, 0.15) is 29.4 Å². The van der Waals surface area contributed by atoms with Crippen LogP contribution in [0.2, 0.25) is 5.02 Å². The molecule has 1 amide bonds. The zero-order valence-electron chi connectivity index (χ0n) is 11.5. The molecule has 0 bridgehead atoms. The quantitative estimate of drug-likeness (QED) is 0.878. The van der Waals surface area contributed by atoms with Gasteiger partial charge in [-0.2, -0.15) is 5.10 Å². The van der Waals surface area contributed by atoms with Crippen molar-refractivity contribution in [1.29, 1.82) is 0 Å². The summed E-state index contributed by atoms with van der Waals surface area (Å²) in [6, 6.07) is 2.54. The number of nitrogens with one attached hydrogen (secondary N) is 1. The molecule has 0 aliphatic carbocycles. The Balaban J connectivity index is 2.42. The fourth-order valence-corrected chi connectivity index (χ4v) is 1.93. The molecule has 0 aliphatic rings. The van der Waals surface area contributed by atoms with E-state index in [0.29, 0.717) is 0 Å². The normalized spacial score (nSPS) is 12.5. The van der Waals surface area contributed by atoms with Crippen LogP contribution in [0.4, 0.5) is 8.78 Å². The Morgan fingerprint density at radius 2 is 2.27 bits per heavy atom. The first-order chi connectivity index (χ1) is 10.4. The molecule has 0 aliphatic heterocycles. The molecular formula is C13H13ClF2N4O2. The number of nitrogens with zero attached hydrogens (tertiary/aromatic N) is 3. The molecular weight excluding hydrogens is 318 g/mol. The Morgan fingerprint density at radius 1 is 1.55 bits per heavy atom. The number of halogens is 3. The van der Waals surface area contributed by atoms with E-state index in [4.69, 9.17) is 16.7 Å². The lowest BCUT2D eigenvalue weighted by Gasteiger charge is -2.10. The summed E-state index contributed by atoms with van der Waals surface area (Å²) in [4.78, 5) is 16.0. The van der Waals surface area contributed by atoms with Gasteiger partial charge in [-0.25, -0.2) is 18.4 Å². The highest BCUT2D eigenvalue weighted by Crippen LogP contribution is 2.24. The smallest absolute Gasteiger partial charge is 0.282 e. The number of aliphatic hydroxyl groups excluding tert-OH is 1. The lowest BCUT2D eigenvalue weighted by Crippen LogP contribution is -2.35. The molecule has 2 rings (SSSR count). The van der Waals surface area contributed by atoms with Gasteiger partial charge in [0.1, 0.15) is 5.69 Å². The first kappa shape index (κ1) is 16.3. The average molecular weight is 331 g/mol. The molecule has 0 saturated heterocycles. The van der Waals surface area contributed by atoms with Gasteiger partial charge in [-0.1, -0.05) is 11.6 Å². The van der Waals surface area contributed by atoms with Gasteiger partial charge in [0.25, 0.3) is 12.3 Å². The SMILES string of the molecule is C[C@@H](CO)NC(=O)c1cn(-c2ncccc2Cl)nc1C(F)F. The Morgan fingerprint density at radius 3 is 2.86 bits per heavy atom. The molecule has 1 atom stereocenters. The molecule has 0 radical (unpaired) electrons. The van der Waals surface area contributed by atoms with E-state index in [9.17, 15) is 13.6 Å². The van der Waals surface area contributed by atoms with Gasteiger partial charge in [0.2, 0.25) is 0 Å². The van der Waals surface area contributed by atoms with Crippen LogP contribution in [0.25, 0.3) is 5.82 Å². The van der Waals surface area contributed by atoms with Crippen molar-refractivity contribution in [3.05, 3.63) is 40.8 Å². The highest BCUT2D eigenvalue weighted by Gasteiger charge is 2.25. The number of hydrogen-bond acceptors (Lipinski definition) is 4. The van der Waals surface area contributed by atoms with E-state index in [1.165, 1.54) is 12.3 Å². The summed E-state index contributed by atoms with van der Waals surface area (Å²) in [5.74, 6) is -0.615. The number of aliphatic hydroxyl groups is 1. The Bertz CT molecular complexity index is 678. The van der Waals surface area contributed by atoms with E-state index in [-0.39, 0.29) is 23.0 Å². The minimum atomic E-state index is -2.94. The summed E-state index contributed by atoms with van der Waals surface area (Å²) in [5.41, 5.74) is -0.971. The molecule has 118 valence electrons. The van der Waals surface area contributed by atoms with Crippen LogP contribution in [0.15, 0.2) is 24.5 Å². The first-order valence-electron chi connectivity index (χ1n) is 6.34. The highest BCUT2D eigenvalue weighted by molar-refractivity contribution is 6.32. The third-order valence-electron chi connectivity index (χ3n) is 2.80. The molecule has 2 aromatic rings. The van der Waals surface area contributed by atoms with E-state index in [1.807, 2.05) is 0 Å². The number of carbonyl (C=O) groups excluding carboxylic acids is 1. The second-order valence-corrected chi connectivity index (χ2v) is 4.95. The number of amides is 1. The lowest BCUT2D eigenvalue weighted by atomic mass is 10.2. The summed E-state index contributed by atoms with van der Waals surface area (Å²) < 4.78 is 27.2. The molecule has 0 fully saturated rings. The molecule has 0 spiro atoms. The minimum absolute atomic E-state index is 0.139. The fraction of sp³-hybridized carbons (Fsp3) is 0.308. The van der Waals surface area contributed by atoms with Crippen molar-refractivity contribution in [2.75, 3.05) is 6.61 Å². The number of aromatic nitrogens is 3. The van der Waals surface area contributed by atoms with Crippen LogP contribution in [0.5, 0.6) is 0 Å². The van der Waals surface area contributed by atoms with Crippen LogP contribution in [-0.2, 0) is 0 Å². The molecule has 2 aromatic heterocycles. The topological polar surface area (TPSA) is 80.0 Å². The monoisotopic (exact) mass is 330 g/mol. The molecule has 6 nitrogen and oxygen atoms in total. The maximum atomic E-state index is 13.1. The summed E-state index contributed by atoms with van der Waals surface area (Å²) >= 11 is 5.94. The maximum Gasteiger partial charge on any atom is 0.282 e. The predicted octanol–water partition coefficient (Wildman–Crippen LogP) is 1.97. The van der Waals surface area contributed by atoms with Crippen molar-refractivity contribution in [1.82, 2.24) is 20.1 Å². The van der Waals surface area contributed by atoms with Crippen molar-refractivity contribution in [2.24, 2.45) is 0 Å². The minimum Gasteiger partial charge on any atom is -0.394 e. The van der Waals surface area contributed by atoms with Gasteiger partial charge in [0, 0.05) is 18.4 Å². The van der Waals surface area contributed by atoms with Crippen LogP contribution in [0, 0.1) is 0 Å². The molecule has 0 aromatic carbocycles. The van der Waals surface area contributed by atoms with Gasteiger partial charge >= 0.3 is 0 Å². The number of hydrogen-bond donors (Lipinski definition) is 2. The zero-order chi connectivity index (χ0) is 16.3. The number of carbonyl (C=O) groups is 1. The Kier molecular flexibility index (Phi) is 5.04. The molecule has 2 heterocycles. The van der Waals surface area contributed by atoms with E-state index in [1.54, 1.807) is 13.0 Å². The summed E-state index contributed by atoms with van der Waals surface area (Å²) in [6.45, 7) is 1.23. The van der Waals surface area contributed by atoms with Crippen molar-refractivity contribution < 1.29 is 18.7 Å². The predicted molar refractivity (Wildman–Crippen MR) is 75.3 cm³/mol. The number of alkyl halides is 2. The van der Waals surface area contributed by atoms with Crippen molar-refractivity contribution in [2.45, 2.75) is 19.4 Å². The van der Waals surface area contributed by atoms with Crippen molar-refractivity contribution in [3.8, 4) is 5.82 Å². The number of rotatable bonds is 5. The van der Waals surface area contributed by atoms with Crippen molar-refractivity contribution >= 4 is 17.5 Å². The number of pyridine rings is 1. The van der Waals surface area contributed by atoms with Gasteiger partial charge in [-0.05, 0) is 19.1 Å². The van der Waals surface area contributed by atoms with Crippen LogP contribution in [-0.4, -0.2) is 38.4 Å². The van der Waals surface area contributed by atoms with E-state index in [2.05, 4.69) is 15.4 Å². The summed E-state index contributed by atoms with van der Waals surface area (Å²) in [7, 11) is 0. The van der Waals surface area contributed by atoms with Gasteiger partial charge < -0.3 is 10.4 Å². The van der Waals surface area contributed by atoms with Gasteiger partial charge in [0.05, 0.1) is 17.2 Å². The van der Waals surface area contributed by atoms with Gasteiger partial charge in [-0.3, -0.25) is 4.79 Å². The molecule has 0 unspecified atom stereocenters. The Hall–Kier alpha value is -2.06. The third-order valence-corrected chi connectivity index (χ3v) is 3.10. The van der Waals surface area contributed by atoms with Gasteiger partial charge in [0.15, 0.2) is 5.82 Å².